The minimum Gasteiger partial charge on any atom is -0.497 e. The highest BCUT2D eigenvalue weighted by Gasteiger charge is 2.25. The normalized spacial score (nSPS) is 12.0. The van der Waals surface area contributed by atoms with Crippen LogP contribution in [0.3, 0.4) is 0 Å². The van der Waals surface area contributed by atoms with E-state index in [-0.39, 0.29) is 0 Å². The van der Waals surface area contributed by atoms with E-state index in [0.717, 1.165) is 0 Å². The largest absolute Gasteiger partial charge is 0.497 e. The quantitative estimate of drug-likeness (QED) is 0.273. The molecular formula is C19H15F5N2O4. The molecule has 0 unspecified atom stereocenters. The predicted molar refractivity (Wildman–Crippen MR) is 95.9 cm³/mol. The molecule has 0 saturated carbocycles. The van der Waals surface area contributed by atoms with Gasteiger partial charge in [-0.3, -0.25) is 9.59 Å². The van der Waals surface area contributed by atoms with Crippen molar-refractivity contribution < 1.29 is 41.4 Å². The van der Waals surface area contributed by atoms with Crippen LogP contribution in [0.2, 0.25) is 0 Å². The summed E-state index contributed by atoms with van der Waals surface area (Å²) in [5.74, 6) is -12.4. The first kappa shape index (κ1) is 22.8. The molecule has 0 aliphatic rings. The van der Waals surface area contributed by atoms with Gasteiger partial charge in [0, 0.05) is 17.8 Å². The van der Waals surface area contributed by atoms with Crippen LogP contribution >= 0.6 is 0 Å². The number of carbonyl (C=O) groups excluding carboxylic acids is 2. The molecule has 0 aliphatic carbocycles. The number of methoxy groups -OCH3 is 1. The van der Waals surface area contributed by atoms with Crippen molar-refractivity contribution in [2.75, 3.05) is 19.0 Å². The van der Waals surface area contributed by atoms with Crippen LogP contribution in [0.1, 0.15) is 5.56 Å². The van der Waals surface area contributed by atoms with Crippen molar-refractivity contribution in [1.29, 1.82) is 0 Å². The Morgan fingerprint density at radius 3 is 2.23 bits per heavy atom. The van der Waals surface area contributed by atoms with E-state index in [4.69, 9.17) is 4.74 Å². The van der Waals surface area contributed by atoms with Crippen LogP contribution < -0.4 is 15.4 Å². The highest BCUT2D eigenvalue weighted by Crippen LogP contribution is 2.24. The molecule has 0 aromatic heterocycles. The maximum atomic E-state index is 13.6. The van der Waals surface area contributed by atoms with Crippen LogP contribution in [0.4, 0.5) is 27.6 Å². The first-order valence-corrected chi connectivity index (χ1v) is 8.25. The Hall–Kier alpha value is -3.47. The van der Waals surface area contributed by atoms with Gasteiger partial charge in [0.15, 0.2) is 23.3 Å². The molecule has 160 valence electrons. The molecule has 2 rings (SSSR count). The van der Waals surface area contributed by atoms with Gasteiger partial charge in [0.05, 0.1) is 19.3 Å². The van der Waals surface area contributed by atoms with Gasteiger partial charge in [0.25, 0.3) is 0 Å². The van der Waals surface area contributed by atoms with Crippen molar-refractivity contribution in [1.82, 2.24) is 5.32 Å². The molecule has 6 nitrogen and oxygen atoms in total. The van der Waals surface area contributed by atoms with Gasteiger partial charge in [-0.1, -0.05) is 6.07 Å². The number of hydrogen-bond acceptors (Lipinski definition) is 4. The van der Waals surface area contributed by atoms with Crippen molar-refractivity contribution in [3.05, 3.63) is 65.0 Å². The van der Waals surface area contributed by atoms with E-state index in [1.807, 2.05) is 5.32 Å². The molecule has 2 aromatic rings. The Balaban J connectivity index is 2.11. The molecule has 11 heteroatoms. The van der Waals surface area contributed by atoms with Crippen molar-refractivity contribution in [3.63, 3.8) is 0 Å². The number of benzene rings is 2. The predicted octanol–water partition coefficient (Wildman–Crippen LogP) is 2.52. The van der Waals surface area contributed by atoms with Crippen LogP contribution in [-0.4, -0.2) is 36.7 Å². The molecule has 1 atom stereocenters. The lowest BCUT2D eigenvalue weighted by Crippen LogP contribution is -2.45. The summed E-state index contributed by atoms with van der Waals surface area (Å²) in [4.78, 5) is 24.1. The fourth-order valence-corrected chi connectivity index (χ4v) is 2.27. The summed E-state index contributed by atoms with van der Waals surface area (Å²) in [6.07, 6.45) is 0.819. The van der Waals surface area contributed by atoms with E-state index in [1.54, 1.807) is 12.1 Å². The van der Waals surface area contributed by atoms with E-state index in [1.165, 1.54) is 19.2 Å². The molecule has 0 radical (unpaired) electrons. The lowest BCUT2D eigenvalue weighted by atomic mass is 10.1. The number of nitrogens with one attached hydrogen (secondary N) is 2. The van der Waals surface area contributed by atoms with Gasteiger partial charge < -0.3 is 20.5 Å². The number of anilines is 1. The molecule has 30 heavy (non-hydrogen) atoms. The maximum absolute atomic E-state index is 13.6. The Morgan fingerprint density at radius 2 is 1.67 bits per heavy atom. The van der Waals surface area contributed by atoms with Crippen LogP contribution in [0.15, 0.2) is 30.3 Å². The summed E-state index contributed by atoms with van der Waals surface area (Å²) in [7, 11) is 1.41. The van der Waals surface area contributed by atoms with Gasteiger partial charge in [-0.05, 0) is 18.2 Å². The fraction of sp³-hybridized carbons (Fsp3) is 0.158. The SMILES string of the molecule is COc1cccc(NC(=O)[C@H](CO)NC(=O)C=Cc2c(F)c(F)c(F)c(F)c2F)c1. The Labute approximate surface area is 167 Å². The Kier molecular flexibility index (Phi) is 7.48. The van der Waals surface area contributed by atoms with Crippen LogP contribution in [0, 0.1) is 29.1 Å². The minimum absolute atomic E-state index is 0.295. The number of aliphatic hydroxyl groups excluding tert-OH is 1. The highest BCUT2D eigenvalue weighted by atomic mass is 19.2. The number of carbonyl (C=O) groups is 2. The van der Waals surface area contributed by atoms with Crippen LogP contribution in [0.25, 0.3) is 6.08 Å². The monoisotopic (exact) mass is 430 g/mol. The van der Waals surface area contributed by atoms with Crippen LogP contribution in [-0.2, 0) is 9.59 Å². The highest BCUT2D eigenvalue weighted by molar-refractivity contribution is 6.00. The van der Waals surface area contributed by atoms with Crippen molar-refractivity contribution >= 4 is 23.6 Å². The Morgan fingerprint density at radius 1 is 1.07 bits per heavy atom. The van der Waals surface area contributed by atoms with E-state index in [2.05, 4.69) is 5.32 Å². The first-order valence-electron chi connectivity index (χ1n) is 8.25. The molecule has 0 spiro atoms. The van der Waals surface area contributed by atoms with E-state index in [9.17, 15) is 36.6 Å². The van der Waals surface area contributed by atoms with E-state index in [0.29, 0.717) is 23.6 Å². The van der Waals surface area contributed by atoms with E-state index >= 15 is 0 Å². The number of rotatable bonds is 7. The molecule has 3 N–H and O–H groups in total. The first-order chi connectivity index (χ1) is 14.2. The molecule has 0 bridgehead atoms. The van der Waals surface area contributed by atoms with Gasteiger partial charge in [-0.15, -0.1) is 0 Å². The minimum atomic E-state index is -2.33. The van der Waals surface area contributed by atoms with Gasteiger partial charge in [0.1, 0.15) is 11.8 Å². The average molecular weight is 430 g/mol. The smallest absolute Gasteiger partial charge is 0.249 e. The Bertz CT molecular complexity index is 968. The topological polar surface area (TPSA) is 87.7 Å². The molecular weight excluding hydrogens is 415 g/mol. The molecule has 2 amide bonds. The zero-order valence-corrected chi connectivity index (χ0v) is 15.3. The lowest BCUT2D eigenvalue weighted by Gasteiger charge is -2.15. The molecule has 0 aliphatic heterocycles. The second-order valence-electron chi connectivity index (χ2n) is 5.78. The van der Waals surface area contributed by atoms with Gasteiger partial charge in [-0.25, -0.2) is 22.0 Å². The number of ether oxygens (including phenoxy) is 1. The summed E-state index contributed by atoms with van der Waals surface area (Å²) in [6.45, 7) is -0.835. The third kappa shape index (κ3) is 5.11. The third-order valence-electron chi connectivity index (χ3n) is 3.80. The summed E-state index contributed by atoms with van der Waals surface area (Å²) in [5.41, 5.74) is -1.04. The third-order valence-corrected chi connectivity index (χ3v) is 3.80. The summed E-state index contributed by atoms with van der Waals surface area (Å²) in [5, 5.41) is 13.8. The van der Waals surface area contributed by atoms with Gasteiger partial charge in [-0.2, -0.15) is 0 Å². The average Bonchev–Trinajstić information content (AvgIpc) is 2.74. The maximum Gasteiger partial charge on any atom is 0.249 e. The zero-order chi connectivity index (χ0) is 22.4. The summed E-state index contributed by atoms with van der Waals surface area (Å²) < 4.78 is 71.5. The second-order valence-corrected chi connectivity index (χ2v) is 5.78. The molecule has 0 heterocycles. The molecule has 2 aromatic carbocycles. The number of halogens is 5. The summed E-state index contributed by atoms with van der Waals surface area (Å²) in [6, 6.07) is 4.71. The zero-order valence-electron chi connectivity index (χ0n) is 15.3. The lowest BCUT2D eigenvalue weighted by molar-refractivity contribution is -0.124. The molecule has 0 saturated heterocycles. The van der Waals surface area contributed by atoms with Gasteiger partial charge in [0.2, 0.25) is 17.6 Å². The van der Waals surface area contributed by atoms with Crippen molar-refractivity contribution in [2.45, 2.75) is 6.04 Å². The van der Waals surface area contributed by atoms with Crippen molar-refractivity contribution in [2.24, 2.45) is 0 Å². The van der Waals surface area contributed by atoms with Gasteiger partial charge >= 0.3 is 0 Å². The fourth-order valence-electron chi connectivity index (χ4n) is 2.27. The van der Waals surface area contributed by atoms with E-state index < -0.39 is 59.1 Å². The number of hydrogen-bond donors (Lipinski definition) is 3. The number of amides is 2. The van der Waals surface area contributed by atoms with Crippen molar-refractivity contribution in [3.8, 4) is 5.75 Å². The molecule has 0 fully saturated rings. The van der Waals surface area contributed by atoms with Crippen LogP contribution in [0.5, 0.6) is 5.75 Å². The second kappa shape index (κ2) is 9.83. The number of aliphatic hydroxyl groups is 1. The standard InChI is InChI=1S/C19H15F5N2O4/c1-30-10-4-2-3-9(7-10)25-19(29)12(8-27)26-13(28)6-5-11-14(20)16(22)18(24)17(23)15(11)21/h2-7,12,27H,8H2,1H3,(H,25,29)(H,26,28)/t12-/m0/s1. The summed E-state index contributed by atoms with van der Waals surface area (Å²) >= 11 is 0.